The van der Waals surface area contributed by atoms with Gasteiger partial charge in [-0.15, -0.1) is 0 Å². The zero-order valence-electron chi connectivity index (χ0n) is 31.5. The summed E-state index contributed by atoms with van der Waals surface area (Å²) in [6.45, 7) is 0.694. The van der Waals surface area contributed by atoms with Crippen LogP contribution in [0.2, 0.25) is 0 Å². The van der Waals surface area contributed by atoms with E-state index in [1.807, 2.05) is 81.8 Å². The van der Waals surface area contributed by atoms with Gasteiger partial charge in [-0.1, -0.05) is 138 Å². The molecule has 0 saturated carbocycles. The number of nitrogens with zero attached hydrogens (tertiary/aromatic N) is 1. The lowest BCUT2D eigenvalue weighted by Gasteiger charge is -2.28. The van der Waals surface area contributed by atoms with Crippen LogP contribution in [0.5, 0.6) is 0 Å². The quantitative estimate of drug-likeness (QED) is 0.0326. The monoisotopic (exact) mass is 733 g/mol. The summed E-state index contributed by atoms with van der Waals surface area (Å²) in [5.41, 5.74) is 1.94. The van der Waals surface area contributed by atoms with Gasteiger partial charge in [-0.05, 0) is 24.0 Å². The van der Waals surface area contributed by atoms with E-state index in [2.05, 4.69) is 0 Å². The summed E-state index contributed by atoms with van der Waals surface area (Å²) < 4.78 is 39.5. The van der Waals surface area contributed by atoms with Crippen molar-refractivity contribution in [2.45, 2.75) is 122 Å². The highest BCUT2D eigenvalue weighted by Crippen LogP contribution is 2.38. The van der Waals surface area contributed by atoms with Crippen LogP contribution >= 0.6 is 7.82 Å². The molecule has 11 heteroatoms. The summed E-state index contributed by atoms with van der Waals surface area (Å²) in [5, 5.41) is 0. The van der Waals surface area contributed by atoms with Gasteiger partial charge >= 0.3 is 11.9 Å². The lowest BCUT2D eigenvalue weighted by Crippen LogP contribution is -2.37. The topological polar surface area (TPSA) is 120 Å². The first-order valence-electron chi connectivity index (χ1n) is 18.9. The number of carbonyl (C=O) groups is 2. The van der Waals surface area contributed by atoms with Crippen molar-refractivity contribution in [2.75, 3.05) is 47.5 Å². The Labute approximate surface area is 307 Å². The minimum Gasteiger partial charge on any atom is -0.756 e. The number of rotatable bonds is 31. The van der Waals surface area contributed by atoms with E-state index in [0.717, 1.165) is 43.2 Å². The van der Waals surface area contributed by atoms with Gasteiger partial charge in [0, 0.05) is 12.8 Å². The molecular formula is C40H64NO9P. The molecule has 0 aromatic heterocycles. The molecule has 2 atom stereocenters. The standard InChI is InChI=1S/C40H64NO9P/c1-41(2,3)30-31-49-51(44,45)50-35-38(46-32-36-24-18-16-19-25-36)34-48-40(43)29-23-15-13-11-9-7-5-4-6-8-10-12-14-22-28-39(42)47-33-37-26-20-17-21-27-37/h16-21,24-27,38H,4-15,22-23,28-35H2,1-3H3. The molecule has 0 saturated heterocycles. The molecule has 0 N–H and O–H groups in total. The minimum absolute atomic E-state index is 0.00925. The smallest absolute Gasteiger partial charge is 0.306 e. The average molecular weight is 734 g/mol. The number of carbonyl (C=O) groups excluding carboxylic acids is 2. The molecule has 0 aliphatic carbocycles. The maximum Gasteiger partial charge on any atom is 0.306 e. The maximum atomic E-state index is 12.4. The first-order chi connectivity index (χ1) is 24.5. The third-order valence-electron chi connectivity index (χ3n) is 8.44. The first-order valence-corrected chi connectivity index (χ1v) is 20.4. The molecule has 0 heterocycles. The lowest BCUT2D eigenvalue weighted by molar-refractivity contribution is -0.870. The van der Waals surface area contributed by atoms with Gasteiger partial charge in [0.1, 0.15) is 32.5 Å². The second kappa shape index (κ2) is 27.1. The Morgan fingerprint density at radius 3 is 1.51 bits per heavy atom. The van der Waals surface area contributed by atoms with Crippen LogP contribution in [-0.2, 0) is 50.6 Å². The van der Waals surface area contributed by atoms with Crippen LogP contribution in [0.15, 0.2) is 60.7 Å². The fraction of sp³-hybridized carbons (Fsp3) is 0.650. The van der Waals surface area contributed by atoms with Gasteiger partial charge in [0.25, 0.3) is 7.82 Å². The molecule has 0 fully saturated rings. The van der Waals surface area contributed by atoms with E-state index < -0.39 is 13.9 Å². The Kier molecular flexibility index (Phi) is 23.7. The van der Waals surface area contributed by atoms with Crippen molar-refractivity contribution in [2.24, 2.45) is 0 Å². The Bertz CT molecular complexity index is 1220. The van der Waals surface area contributed by atoms with Crippen LogP contribution in [0.25, 0.3) is 0 Å². The fourth-order valence-electron chi connectivity index (χ4n) is 5.30. The second-order valence-electron chi connectivity index (χ2n) is 14.3. The van der Waals surface area contributed by atoms with Crippen molar-refractivity contribution < 1.29 is 46.8 Å². The van der Waals surface area contributed by atoms with E-state index in [4.69, 9.17) is 23.3 Å². The first kappa shape index (κ1) is 44.6. The number of ether oxygens (including phenoxy) is 3. The van der Waals surface area contributed by atoms with Crippen LogP contribution in [0.3, 0.4) is 0 Å². The molecular weight excluding hydrogens is 669 g/mol. The van der Waals surface area contributed by atoms with Gasteiger partial charge in [-0.25, -0.2) is 0 Å². The molecule has 0 radical (unpaired) electrons. The second-order valence-corrected chi connectivity index (χ2v) is 15.7. The van der Waals surface area contributed by atoms with Crippen molar-refractivity contribution in [1.82, 2.24) is 0 Å². The largest absolute Gasteiger partial charge is 0.756 e. The number of unbranched alkanes of at least 4 members (excludes halogenated alkanes) is 13. The summed E-state index contributed by atoms with van der Waals surface area (Å²) >= 11 is 0. The summed E-state index contributed by atoms with van der Waals surface area (Å²) in [6, 6.07) is 19.3. The lowest BCUT2D eigenvalue weighted by atomic mass is 10.0. The molecule has 2 rings (SSSR count). The Hall–Kier alpha value is -2.59. The summed E-state index contributed by atoms with van der Waals surface area (Å²) in [4.78, 5) is 36.6. The van der Waals surface area contributed by atoms with E-state index in [1.165, 1.54) is 57.8 Å². The maximum absolute atomic E-state index is 12.4. The fourth-order valence-corrected chi connectivity index (χ4v) is 6.03. The summed E-state index contributed by atoms with van der Waals surface area (Å²) in [6.07, 6.45) is 16.0. The van der Waals surface area contributed by atoms with Crippen molar-refractivity contribution in [3.63, 3.8) is 0 Å². The van der Waals surface area contributed by atoms with E-state index in [1.54, 1.807) is 0 Å². The third kappa shape index (κ3) is 25.9. The van der Waals surface area contributed by atoms with E-state index in [0.29, 0.717) is 30.5 Å². The van der Waals surface area contributed by atoms with Gasteiger partial charge in [0.05, 0.1) is 34.4 Å². The van der Waals surface area contributed by atoms with Crippen molar-refractivity contribution in [3.05, 3.63) is 71.8 Å². The number of hydrogen-bond donors (Lipinski definition) is 0. The Morgan fingerprint density at radius 1 is 0.608 bits per heavy atom. The van der Waals surface area contributed by atoms with Crippen molar-refractivity contribution >= 4 is 19.8 Å². The molecule has 0 bridgehead atoms. The van der Waals surface area contributed by atoms with E-state index in [-0.39, 0.29) is 38.4 Å². The van der Waals surface area contributed by atoms with Gasteiger partial charge in [-0.2, -0.15) is 0 Å². The third-order valence-corrected chi connectivity index (χ3v) is 9.41. The summed E-state index contributed by atoms with van der Waals surface area (Å²) in [5.74, 6) is -0.432. The van der Waals surface area contributed by atoms with E-state index in [9.17, 15) is 19.0 Å². The Balaban J connectivity index is 1.45. The number of likely N-dealkylation sites (N-methyl/N-ethyl adjacent to an activating group) is 1. The molecule has 288 valence electrons. The molecule has 0 spiro atoms. The zero-order valence-corrected chi connectivity index (χ0v) is 32.4. The van der Waals surface area contributed by atoms with Crippen LogP contribution in [0.4, 0.5) is 0 Å². The minimum atomic E-state index is -4.53. The van der Waals surface area contributed by atoms with Crippen molar-refractivity contribution in [3.8, 4) is 0 Å². The highest BCUT2D eigenvalue weighted by Gasteiger charge is 2.19. The number of quaternary nitrogens is 1. The molecule has 0 amide bonds. The Morgan fingerprint density at radius 2 is 1.04 bits per heavy atom. The van der Waals surface area contributed by atoms with Gasteiger partial charge in [0.2, 0.25) is 0 Å². The number of esters is 2. The normalized spacial score (nSPS) is 13.4. The van der Waals surface area contributed by atoms with Gasteiger partial charge < -0.3 is 32.6 Å². The predicted molar refractivity (Wildman–Crippen MR) is 198 cm³/mol. The average Bonchev–Trinajstić information content (AvgIpc) is 3.10. The molecule has 2 aromatic rings. The van der Waals surface area contributed by atoms with Crippen LogP contribution in [-0.4, -0.2) is 70.0 Å². The SMILES string of the molecule is C[N+](C)(C)CCOP(=O)([O-])OCC(COC(=O)CCCCCCCCCCCCCCCCC(=O)OCc1ccccc1)OCc1ccccc1. The molecule has 0 aliphatic rings. The molecule has 0 aliphatic heterocycles. The highest BCUT2D eigenvalue weighted by molar-refractivity contribution is 7.45. The van der Waals surface area contributed by atoms with Gasteiger partial charge in [-0.3, -0.25) is 14.2 Å². The van der Waals surface area contributed by atoms with Crippen LogP contribution < -0.4 is 4.89 Å². The number of phosphoric ester groups is 1. The van der Waals surface area contributed by atoms with Gasteiger partial charge in [0.15, 0.2) is 0 Å². The van der Waals surface area contributed by atoms with Crippen molar-refractivity contribution in [1.29, 1.82) is 0 Å². The number of hydrogen-bond acceptors (Lipinski definition) is 9. The zero-order chi connectivity index (χ0) is 37.0. The highest BCUT2D eigenvalue weighted by atomic mass is 31.2. The molecule has 2 unspecified atom stereocenters. The van der Waals surface area contributed by atoms with Crippen LogP contribution in [0.1, 0.15) is 114 Å². The molecule has 51 heavy (non-hydrogen) atoms. The number of phosphoric acid groups is 1. The summed E-state index contributed by atoms with van der Waals surface area (Å²) in [7, 11) is 1.29. The number of benzene rings is 2. The predicted octanol–water partition coefficient (Wildman–Crippen LogP) is 8.31. The molecule has 2 aromatic carbocycles. The molecule has 10 nitrogen and oxygen atoms in total. The van der Waals surface area contributed by atoms with Crippen LogP contribution in [0, 0.1) is 0 Å². The van der Waals surface area contributed by atoms with E-state index >= 15 is 0 Å².